The number of furan rings is 1. The molecule has 0 fully saturated rings. The van der Waals surface area contributed by atoms with Crippen molar-refractivity contribution in [3.63, 3.8) is 0 Å². The second-order valence-electron chi connectivity index (χ2n) is 5.91. The second-order valence-corrected chi connectivity index (χ2v) is 5.91. The summed E-state index contributed by atoms with van der Waals surface area (Å²) in [7, 11) is 0. The summed E-state index contributed by atoms with van der Waals surface area (Å²) in [6, 6.07) is 9.41. The average molecular weight is 324 g/mol. The zero-order valence-electron chi connectivity index (χ0n) is 12.9. The first-order valence-corrected chi connectivity index (χ1v) is 7.77. The molecule has 4 rings (SSSR count). The summed E-state index contributed by atoms with van der Waals surface area (Å²) in [4.78, 5) is 25.6. The number of carbonyl (C=O) groups is 2. The van der Waals surface area contributed by atoms with Gasteiger partial charge in [-0.2, -0.15) is 0 Å². The van der Waals surface area contributed by atoms with Crippen molar-refractivity contribution in [1.82, 2.24) is 9.47 Å². The third-order valence-corrected chi connectivity index (χ3v) is 4.51. The lowest BCUT2D eigenvalue weighted by Crippen LogP contribution is -2.36. The van der Waals surface area contributed by atoms with Crippen LogP contribution >= 0.6 is 0 Å². The van der Waals surface area contributed by atoms with Gasteiger partial charge in [-0.1, -0.05) is 18.2 Å². The maximum Gasteiger partial charge on any atom is 0.323 e. The van der Waals surface area contributed by atoms with Gasteiger partial charge in [0.05, 0.1) is 11.8 Å². The van der Waals surface area contributed by atoms with Crippen LogP contribution in [0.3, 0.4) is 0 Å². The minimum atomic E-state index is -0.865. The number of hydrogen-bond acceptors (Lipinski definition) is 3. The van der Waals surface area contributed by atoms with Gasteiger partial charge in [-0.3, -0.25) is 9.59 Å². The summed E-state index contributed by atoms with van der Waals surface area (Å²) < 4.78 is 6.85. The van der Waals surface area contributed by atoms with Crippen LogP contribution in [0.15, 0.2) is 47.3 Å². The van der Waals surface area contributed by atoms with Crippen LogP contribution in [0, 0.1) is 0 Å². The van der Waals surface area contributed by atoms with Crippen LogP contribution in [0.5, 0.6) is 0 Å². The third kappa shape index (κ3) is 2.27. The highest BCUT2D eigenvalue weighted by molar-refractivity contribution is 5.95. The van der Waals surface area contributed by atoms with E-state index in [-0.39, 0.29) is 12.5 Å². The smallest absolute Gasteiger partial charge is 0.323 e. The van der Waals surface area contributed by atoms with E-state index in [2.05, 4.69) is 0 Å². The molecule has 0 atom stereocenters. The molecular formula is C18H16N2O4. The van der Waals surface area contributed by atoms with Crippen molar-refractivity contribution in [2.45, 2.75) is 19.5 Å². The molecule has 1 N–H and O–H groups in total. The SMILES string of the molecule is O=C(O)Cn1c2c(c3ccccc31)CN(C(=O)c1ccoc1)CC2. The molecule has 0 aliphatic carbocycles. The molecule has 0 spiro atoms. The minimum Gasteiger partial charge on any atom is -0.480 e. The van der Waals surface area contributed by atoms with Gasteiger partial charge in [0.15, 0.2) is 0 Å². The number of fused-ring (bicyclic) bond motifs is 3. The Morgan fingerprint density at radius 2 is 2.04 bits per heavy atom. The number of aliphatic carboxylic acids is 1. The Hall–Kier alpha value is -3.02. The molecule has 0 bridgehead atoms. The molecule has 0 unspecified atom stereocenters. The molecule has 0 saturated heterocycles. The lowest BCUT2D eigenvalue weighted by Gasteiger charge is -2.28. The van der Waals surface area contributed by atoms with E-state index in [0.29, 0.717) is 25.1 Å². The summed E-state index contributed by atoms with van der Waals surface area (Å²) in [6.07, 6.45) is 3.58. The molecule has 122 valence electrons. The highest BCUT2D eigenvalue weighted by atomic mass is 16.4. The lowest BCUT2D eigenvalue weighted by molar-refractivity contribution is -0.137. The largest absolute Gasteiger partial charge is 0.480 e. The Bertz CT molecular complexity index is 924. The predicted molar refractivity (Wildman–Crippen MR) is 86.7 cm³/mol. The highest BCUT2D eigenvalue weighted by Gasteiger charge is 2.27. The van der Waals surface area contributed by atoms with Crippen LogP contribution < -0.4 is 0 Å². The van der Waals surface area contributed by atoms with Gasteiger partial charge in [-0.05, 0) is 12.1 Å². The van der Waals surface area contributed by atoms with E-state index in [0.717, 1.165) is 22.2 Å². The number of carbonyl (C=O) groups excluding carboxylic acids is 1. The molecule has 3 heterocycles. The van der Waals surface area contributed by atoms with Gasteiger partial charge < -0.3 is 19.0 Å². The third-order valence-electron chi connectivity index (χ3n) is 4.51. The predicted octanol–water partition coefficient (Wildman–Crippen LogP) is 2.52. The van der Waals surface area contributed by atoms with Crippen molar-refractivity contribution in [3.05, 3.63) is 59.7 Å². The van der Waals surface area contributed by atoms with E-state index >= 15 is 0 Å². The number of carboxylic acid groups (broad SMARTS) is 1. The van der Waals surface area contributed by atoms with Crippen LogP contribution in [0.1, 0.15) is 21.6 Å². The standard InChI is InChI=1S/C18H16N2O4/c21-17(22)10-20-15-4-2-1-3-13(15)14-9-19(7-5-16(14)20)18(23)12-6-8-24-11-12/h1-4,6,8,11H,5,7,9-10H2,(H,21,22). The highest BCUT2D eigenvalue weighted by Crippen LogP contribution is 2.31. The fourth-order valence-electron chi connectivity index (χ4n) is 3.46. The van der Waals surface area contributed by atoms with E-state index in [1.165, 1.54) is 12.5 Å². The van der Waals surface area contributed by atoms with Crippen LogP contribution in [0.4, 0.5) is 0 Å². The maximum absolute atomic E-state index is 12.6. The molecule has 1 aliphatic rings. The van der Waals surface area contributed by atoms with Crippen LogP contribution in [0.25, 0.3) is 10.9 Å². The van der Waals surface area contributed by atoms with Crippen molar-refractivity contribution in [2.24, 2.45) is 0 Å². The number of para-hydroxylation sites is 1. The van der Waals surface area contributed by atoms with Gasteiger partial charge in [0.25, 0.3) is 5.91 Å². The summed E-state index contributed by atoms with van der Waals surface area (Å²) in [5.41, 5.74) is 3.49. The van der Waals surface area contributed by atoms with Crippen LogP contribution in [0.2, 0.25) is 0 Å². The minimum absolute atomic E-state index is 0.0640. The number of rotatable bonds is 3. The van der Waals surface area contributed by atoms with E-state index < -0.39 is 5.97 Å². The fourth-order valence-corrected chi connectivity index (χ4v) is 3.46. The van der Waals surface area contributed by atoms with Crippen molar-refractivity contribution in [3.8, 4) is 0 Å². The van der Waals surface area contributed by atoms with Gasteiger partial charge in [0.2, 0.25) is 0 Å². The molecular weight excluding hydrogens is 308 g/mol. The number of amides is 1. The van der Waals surface area contributed by atoms with Crippen molar-refractivity contribution < 1.29 is 19.1 Å². The van der Waals surface area contributed by atoms with E-state index in [4.69, 9.17) is 4.42 Å². The molecule has 3 aromatic rings. The molecule has 2 aromatic heterocycles. The maximum atomic E-state index is 12.6. The number of nitrogens with zero attached hydrogens (tertiary/aromatic N) is 2. The molecule has 0 radical (unpaired) electrons. The Morgan fingerprint density at radius 3 is 2.79 bits per heavy atom. The second kappa shape index (κ2) is 5.56. The first-order chi connectivity index (χ1) is 11.6. The van der Waals surface area contributed by atoms with E-state index in [1.54, 1.807) is 11.0 Å². The fraction of sp³-hybridized carbons (Fsp3) is 0.222. The molecule has 1 aliphatic heterocycles. The first kappa shape index (κ1) is 14.6. The van der Waals surface area contributed by atoms with Gasteiger partial charge in [0.1, 0.15) is 12.8 Å². The normalized spacial score (nSPS) is 13.9. The average Bonchev–Trinajstić information content (AvgIpc) is 3.22. The van der Waals surface area contributed by atoms with Gasteiger partial charge in [-0.15, -0.1) is 0 Å². The molecule has 0 saturated carbocycles. The quantitative estimate of drug-likeness (QED) is 0.803. The monoisotopic (exact) mass is 324 g/mol. The van der Waals surface area contributed by atoms with Crippen LogP contribution in [-0.4, -0.2) is 33.0 Å². The van der Waals surface area contributed by atoms with E-state index in [9.17, 15) is 14.7 Å². The zero-order chi connectivity index (χ0) is 16.7. The van der Waals surface area contributed by atoms with E-state index in [1.807, 2.05) is 28.8 Å². The first-order valence-electron chi connectivity index (χ1n) is 7.77. The van der Waals surface area contributed by atoms with Gasteiger partial charge in [-0.25, -0.2) is 0 Å². The molecule has 1 amide bonds. The van der Waals surface area contributed by atoms with Crippen molar-refractivity contribution in [1.29, 1.82) is 0 Å². The van der Waals surface area contributed by atoms with Crippen LogP contribution in [-0.2, 0) is 24.3 Å². The summed E-state index contributed by atoms with van der Waals surface area (Å²) in [5, 5.41) is 10.2. The Kier molecular flexibility index (Phi) is 3.37. The summed E-state index contributed by atoms with van der Waals surface area (Å²) in [5.74, 6) is -0.931. The summed E-state index contributed by atoms with van der Waals surface area (Å²) >= 11 is 0. The van der Waals surface area contributed by atoms with Crippen molar-refractivity contribution in [2.75, 3.05) is 6.54 Å². The zero-order valence-corrected chi connectivity index (χ0v) is 12.9. The number of benzene rings is 1. The molecule has 24 heavy (non-hydrogen) atoms. The summed E-state index contributed by atoms with van der Waals surface area (Å²) in [6.45, 7) is 0.977. The van der Waals surface area contributed by atoms with Gasteiger partial charge in [0, 0.05) is 41.7 Å². The molecule has 6 heteroatoms. The van der Waals surface area contributed by atoms with Crippen molar-refractivity contribution >= 4 is 22.8 Å². The van der Waals surface area contributed by atoms with Gasteiger partial charge >= 0.3 is 5.97 Å². The molecule has 1 aromatic carbocycles. The lowest BCUT2D eigenvalue weighted by atomic mass is 10.0. The molecule has 6 nitrogen and oxygen atoms in total. The Labute approximate surface area is 137 Å². The Balaban J connectivity index is 1.76. The Morgan fingerprint density at radius 1 is 1.21 bits per heavy atom. The topological polar surface area (TPSA) is 75.7 Å². The number of carboxylic acids is 1. The number of hydrogen-bond donors (Lipinski definition) is 1. The number of aromatic nitrogens is 1.